The maximum Gasteiger partial charge on any atom is 0.283 e. The molecule has 2 N–H and O–H groups in total. The Labute approximate surface area is 133 Å². The van der Waals surface area contributed by atoms with Gasteiger partial charge in [-0.15, -0.1) is 0 Å². The number of nitrogens with two attached hydrogens (primary N) is 1. The fourth-order valence-corrected chi connectivity index (χ4v) is 3.59. The maximum absolute atomic E-state index is 11.0. The summed E-state index contributed by atoms with van der Waals surface area (Å²) in [5, 5.41) is 11.0. The van der Waals surface area contributed by atoms with Crippen LogP contribution in [-0.4, -0.2) is 29.0 Å². The van der Waals surface area contributed by atoms with Crippen LogP contribution in [0.5, 0.6) is 0 Å². The minimum atomic E-state index is -0.350. The zero-order valence-electron chi connectivity index (χ0n) is 12.3. The van der Waals surface area contributed by atoms with E-state index in [1.165, 1.54) is 18.9 Å². The van der Waals surface area contributed by atoms with Gasteiger partial charge in [0.2, 0.25) is 0 Å². The van der Waals surface area contributed by atoms with Gasteiger partial charge < -0.3 is 5.73 Å². The highest BCUT2D eigenvalue weighted by atomic mass is 79.9. The number of rotatable bonds is 5. The normalized spacial score (nSPS) is 23.2. The first-order valence-electron chi connectivity index (χ1n) is 7.42. The highest BCUT2D eigenvalue weighted by Gasteiger charge is 2.27. The van der Waals surface area contributed by atoms with Gasteiger partial charge in [-0.1, -0.05) is 25.5 Å². The van der Waals surface area contributed by atoms with E-state index < -0.39 is 0 Å². The summed E-state index contributed by atoms with van der Waals surface area (Å²) < 4.78 is 0.586. The minimum Gasteiger partial charge on any atom is -0.329 e. The summed E-state index contributed by atoms with van der Waals surface area (Å²) in [6.07, 6.45) is 3.50. The summed E-state index contributed by atoms with van der Waals surface area (Å²) in [7, 11) is 0. The summed E-state index contributed by atoms with van der Waals surface area (Å²) in [5.74, 6) is 0.753. The third-order valence-electron chi connectivity index (χ3n) is 4.42. The van der Waals surface area contributed by atoms with Crippen molar-refractivity contribution in [3.05, 3.63) is 38.3 Å². The van der Waals surface area contributed by atoms with Crippen molar-refractivity contribution in [2.75, 3.05) is 13.1 Å². The number of piperidine rings is 1. The van der Waals surface area contributed by atoms with Gasteiger partial charge in [0.05, 0.1) is 9.40 Å². The molecule has 0 spiro atoms. The van der Waals surface area contributed by atoms with Gasteiger partial charge in [0.15, 0.2) is 0 Å². The van der Waals surface area contributed by atoms with Gasteiger partial charge in [0.1, 0.15) is 0 Å². The van der Waals surface area contributed by atoms with Gasteiger partial charge in [-0.2, -0.15) is 0 Å². The Balaban J connectivity index is 2.14. The smallest absolute Gasteiger partial charge is 0.283 e. The van der Waals surface area contributed by atoms with E-state index >= 15 is 0 Å². The molecular weight excluding hydrogens is 334 g/mol. The molecule has 1 aliphatic rings. The molecule has 0 amide bonds. The summed E-state index contributed by atoms with van der Waals surface area (Å²) in [4.78, 5) is 13.0. The van der Waals surface area contributed by atoms with Gasteiger partial charge in [-0.05, 0) is 46.8 Å². The van der Waals surface area contributed by atoms with Gasteiger partial charge in [-0.3, -0.25) is 15.0 Å². The number of likely N-dealkylation sites (tertiary alicyclic amines) is 1. The molecule has 2 atom stereocenters. The largest absolute Gasteiger partial charge is 0.329 e. The van der Waals surface area contributed by atoms with Gasteiger partial charge >= 0.3 is 0 Å². The molecule has 0 radical (unpaired) electrons. The number of hydrogen-bond acceptors (Lipinski definition) is 4. The second-order valence-corrected chi connectivity index (χ2v) is 6.46. The van der Waals surface area contributed by atoms with Crippen molar-refractivity contribution in [1.29, 1.82) is 0 Å². The fraction of sp³-hybridized carbons (Fsp3) is 0.600. The molecule has 2 unspecified atom stereocenters. The Morgan fingerprint density at radius 3 is 2.90 bits per heavy atom. The SMILES string of the molecule is CCC1CCN(Cc2cccc([N+](=O)[O-])c2Br)C(CN)C1. The molecule has 116 valence electrons. The Hall–Kier alpha value is -0.980. The van der Waals surface area contributed by atoms with Crippen molar-refractivity contribution in [3.63, 3.8) is 0 Å². The molecule has 0 aromatic heterocycles. The number of nitro benzene ring substituents is 1. The zero-order valence-corrected chi connectivity index (χ0v) is 13.9. The first-order valence-corrected chi connectivity index (χ1v) is 8.22. The van der Waals surface area contributed by atoms with E-state index in [9.17, 15) is 10.1 Å². The van der Waals surface area contributed by atoms with Crippen LogP contribution in [0, 0.1) is 16.0 Å². The highest BCUT2D eigenvalue weighted by molar-refractivity contribution is 9.10. The van der Waals surface area contributed by atoms with Crippen molar-refractivity contribution in [2.45, 2.75) is 38.8 Å². The summed E-state index contributed by atoms with van der Waals surface area (Å²) >= 11 is 3.38. The lowest BCUT2D eigenvalue weighted by Gasteiger charge is -2.39. The van der Waals surface area contributed by atoms with Gasteiger partial charge in [-0.25, -0.2) is 0 Å². The van der Waals surface area contributed by atoms with Crippen molar-refractivity contribution >= 4 is 21.6 Å². The van der Waals surface area contributed by atoms with Gasteiger partial charge in [0.25, 0.3) is 5.69 Å². The van der Waals surface area contributed by atoms with Crippen molar-refractivity contribution in [1.82, 2.24) is 4.90 Å². The third kappa shape index (κ3) is 3.81. The van der Waals surface area contributed by atoms with Crippen LogP contribution >= 0.6 is 15.9 Å². The molecule has 0 aliphatic carbocycles. The molecule has 0 bridgehead atoms. The number of benzene rings is 1. The summed E-state index contributed by atoms with van der Waals surface area (Å²) in [5.41, 5.74) is 7.00. The lowest BCUT2D eigenvalue weighted by molar-refractivity contribution is -0.385. The number of hydrogen-bond donors (Lipinski definition) is 1. The van der Waals surface area contributed by atoms with Crippen LogP contribution in [-0.2, 0) is 6.54 Å². The first-order chi connectivity index (χ1) is 10.1. The molecule has 6 heteroatoms. The monoisotopic (exact) mass is 355 g/mol. The Morgan fingerprint density at radius 2 is 2.29 bits per heavy atom. The maximum atomic E-state index is 11.0. The summed E-state index contributed by atoms with van der Waals surface area (Å²) in [6.45, 7) is 4.59. The van der Waals surface area contributed by atoms with Crippen LogP contribution in [0.3, 0.4) is 0 Å². The van der Waals surface area contributed by atoms with E-state index in [2.05, 4.69) is 27.8 Å². The third-order valence-corrected chi connectivity index (χ3v) is 5.34. The van der Waals surface area contributed by atoms with E-state index in [1.807, 2.05) is 6.07 Å². The average Bonchev–Trinajstić information content (AvgIpc) is 2.49. The summed E-state index contributed by atoms with van der Waals surface area (Å²) in [6, 6.07) is 5.58. The molecule has 5 nitrogen and oxygen atoms in total. The second-order valence-electron chi connectivity index (χ2n) is 5.67. The zero-order chi connectivity index (χ0) is 15.4. The van der Waals surface area contributed by atoms with E-state index in [0.29, 0.717) is 23.6 Å². The quantitative estimate of drug-likeness (QED) is 0.649. The second kappa shape index (κ2) is 7.33. The fourth-order valence-electron chi connectivity index (χ4n) is 3.06. The molecular formula is C15H22BrN3O2. The molecule has 1 fully saturated rings. The number of nitro groups is 1. The van der Waals surface area contributed by atoms with Crippen molar-refractivity contribution in [2.24, 2.45) is 11.7 Å². The number of halogens is 1. The standard InChI is InChI=1S/C15H22BrN3O2/c1-2-11-6-7-18(13(8-11)9-17)10-12-4-3-5-14(15(12)16)19(20)21/h3-5,11,13H,2,6-10,17H2,1H3. The predicted octanol–water partition coefficient (Wildman–Crippen LogP) is 3.31. The molecule has 1 aromatic carbocycles. The Morgan fingerprint density at radius 1 is 1.52 bits per heavy atom. The molecule has 21 heavy (non-hydrogen) atoms. The van der Waals surface area contributed by atoms with Crippen LogP contribution in [0.25, 0.3) is 0 Å². The predicted molar refractivity (Wildman–Crippen MR) is 87.1 cm³/mol. The van der Waals surface area contributed by atoms with Crippen LogP contribution in [0.1, 0.15) is 31.7 Å². The van der Waals surface area contributed by atoms with Gasteiger partial charge in [0, 0.05) is 25.2 Å². The van der Waals surface area contributed by atoms with Crippen LogP contribution in [0.4, 0.5) is 5.69 Å². The first kappa shape index (κ1) is 16.4. The van der Waals surface area contributed by atoms with E-state index in [1.54, 1.807) is 6.07 Å². The number of nitrogens with zero attached hydrogens (tertiary/aromatic N) is 2. The molecule has 1 aromatic rings. The van der Waals surface area contributed by atoms with Crippen molar-refractivity contribution < 1.29 is 4.92 Å². The van der Waals surface area contributed by atoms with Crippen LogP contribution in [0.2, 0.25) is 0 Å². The molecule has 1 heterocycles. The highest BCUT2D eigenvalue weighted by Crippen LogP contribution is 2.31. The molecule has 1 saturated heterocycles. The minimum absolute atomic E-state index is 0.125. The van der Waals surface area contributed by atoms with E-state index in [-0.39, 0.29) is 10.6 Å². The topological polar surface area (TPSA) is 72.4 Å². The molecule has 0 saturated carbocycles. The van der Waals surface area contributed by atoms with Crippen molar-refractivity contribution in [3.8, 4) is 0 Å². The molecule has 1 aliphatic heterocycles. The Kier molecular flexibility index (Phi) is 5.72. The average molecular weight is 356 g/mol. The Bertz CT molecular complexity index is 510. The van der Waals surface area contributed by atoms with E-state index in [4.69, 9.17) is 5.73 Å². The van der Waals surface area contributed by atoms with E-state index in [0.717, 1.165) is 24.4 Å². The lowest BCUT2D eigenvalue weighted by Crippen LogP contribution is -2.46. The molecule has 2 rings (SSSR count). The van der Waals surface area contributed by atoms with Crippen LogP contribution < -0.4 is 5.73 Å². The lowest BCUT2D eigenvalue weighted by atomic mass is 9.88. The van der Waals surface area contributed by atoms with Crippen LogP contribution in [0.15, 0.2) is 22.7 Å².